The van der Waals surface area contributed by atoms with Gasteiger partial charge in [0.2, 0.25) is 0 Å². The molecule has 1 aliphatic rings. The van der Waals surface area contributed by atoms with E-state index >= 15 is 0 Å². The van der Waals surface area contributed by atoms with Crippen LogP contribution >= 0.6 is 0 Å². The zero-order valence-electron chi connectivity index (χ0n) is 21.8. The van der Waals surface area contributed by atoms with Crippen molar-refractivity contribution >= 4 is 5.97 Å². The number of carbonyl (C=O) groups is 1. The number of aliphatic carboxylic acids is 1. The third kappa shape index (κ3) is 8.88. The van der Waals surface area contributed by atoms with Crippen LogP contribution in [-0.2, 0) is 16.0 Å². The number of allylic oxidation sites excluding steroid dienone is 5. The van der Waals surface area contributed by atoms with E-state index in [1.165, 1.54) is 29.6 Å². The minimum atomic E-state index is -0.782. The number of hydrogen-bond donors (Lipinski definition) is 1. The molecule has 1 fully saturated rings. The first-order valence-corrected chi connectivity index (χ1v) is 13.1. The van der Waals surface area contributed by atoms with E-state index in [-0.39, 0.29) is 6.10 Å². The van der Waals surface area contributed by atoms with Gasteiger partial charge in [0.25, 0.3) is 0 Å². The summed E-state index contributed by atoms with van der Waals surface area (Å²) in [6, 6.07) is 7.29. The summed E-state index contributed by atoms with van der Waals surface area (Å²) >= 11 is 0. The van der Waals surface area contributed by atoms with Crippen molar-refractivity contribution in [3.63, 3.8) is 0 Å². The number of ether oxygens (including phenoxy) is 1. The number of benzene rings is 1. The smallest absolute Gasteiger partial charge is 0.325 e. The van der Waals surface area contributed by atoms with Crippen molar-refractivity contribution in [1.29, 1.82) is 0 Å². The van der Waals surface area contributed by atoms with Crippen LogP contribution in [0, 0.1) is 0 Å². The fourth-order valence-corrected chi connectivity index (χ4v) is 4.44. The highest BCUT2D eigenvalue weighted by Crippen LogP contribution is 2.30. The van der Waals surface area contributed by atoms with E-state index in [1.807, 2.05) is 29.2 Å². The Bertz CT molecular complexity index is 844. The maximum atomic E-state index is 12.0. The second-order valence-corrected chi connectivity index (χ2v) is 9.67. The maximum absolute atomic E-state index is 12.0. The highest BCUT2D eigenvalue weighted by atomic mass is 16.5. The Labute approximate surface area is 207 Å². The van der Waals surface area contributed by atoms with Gasteiger partial charge in [0.15, 0.2) is 0 Å². The first kappa shape index (κ1) is 28.1. The summed E-state index contributed by atoms with van der Waals surface area (Å²) in [6.45, 7) is 15.0. The molecule has 0 saturated carbocycles. The lowest BCUT2D eigenvalue weighted by Crippen LogP contribution is -2.55. The summed E-state index contributed by atoms with van der Waals surface area (Å²) in [5.41, 5.74) is 6.04. The second kappa shape index (κ2) is 15.0. The predicted molar refractivity (Wildman–Crippen MR) is 142 cm³/mol. The van der Waals surface area contributed by atoms with Gasteiger partial charge in [-0.25, -0.2) is 0 Å². The first-order valence-electron chi connectivity index (χ1n) is 13.1. The molecule has 0 aliphatic carbocycles. The Morgan fingerprint density at radius 3 is 2.50 bits per heavy atom. The van der Waals surface area contributed by atoms with Gasteiger partial charge in [0.05, 0.1) is 6.10 Å². The molecule has 0 radical (unpaired) electrons. The highest BCUT2D eigenvalue weighted by molar-refractivity contribution is 5.76. The molecule has 1 atom stereocenters. The molecule has 188 valence electrons. The van der Waals surface area contributed by atoms with Gasteiger partial charge in [-0.1, -0.05) is 80.8 Å². The molecule has 4 heteroatoms. The van der Waals surface area contributed by atoms with Crippen molar-refractivity contribution in [1.82, 2.24) is 4.90 Å². The molecular weight excluding hydrogens is 422 g/mol. The van der Waals surface area contributed by atoms with Crippen LogP contribution in [0.25, 0.3) is 0 Å². The lowest BCUT2D eigenvalue weighted by Gasteiger charge is -2.42. The van der Waals surface area contributed by atoms with Crippen molar-refractivity contribution in [2.24, 2.45) is 0 Å². The third-order valence-electron chi connectivity index (χ3n) is 6.66. The van der Waals surface area contributed by atoms with Gasteiger partial charge in [0, 0.05) is 19.7 Å². The fraction of sp³-hybridized carbons (Fsp3) is 0.567. The molecule has 0 spiro atoms. The molecule has 1 saturated heterocycles. The van der Waals surface area contributed by atoms with Crippen molar-refractivity contribution in [3.8, 4) is 0 Å². The van der Waals surface area contributed by atoms with Crippen molar-refractivity contribution in [2.75, 3.05) is 19.7 Å². The van der Waals surface area contributed by atoms with E-state index in [4.69, 9.17) is 4.74 Å². The van der Waals surface area contributed by atoms with Gasteiger partial charge >= 0.3 is 5.97 Å². The molecule has 4 nitrogen and oxygen atoms in total. The lowest BCUT2D eigenvalue weighted by atomic mass is 9.95. The average Bonchev–Trinajstić information content (AvgIpc) is 2.78. The number of carboxylic acids is 1. The monoisotopic (exact) mass is 467 g/mol. The van der Waals surface area contributed by atoms with Crippen LogP contribution in [-0.4, -0.2) is 41.8 Å². The standard InChI is InChI=1S/C30H45NO3/c1-6-8-15-26(23(3)4)19-18-24(5)14-10-9-13-20-34-27-21-31(22-27)29(30(32)33)28-17-12-11-16-25(28)7-2/h11-12,16-19,27,29H,5-10,13-15,20-22H2,1-4H3,(H,32,33)/b19-18-. The Morgan fingerprint density at radius 2 is 1.85 bits per heavy atom. The Balaban J connectivity index is 1.64. The number of aryl methyl sites for hydroxylation is 1. The van der Waals surface area contributed by atoms with Crippen molar-refractivity contribution in [3.05, 3.63) is 70.8 Å². The van der Waals surface area contributed by atoms with Crippen LogP contribution in [0.3, 0.4) is 0 Å². The zero-order valence-corrected chi connectivity index (χ0v) is 21.8. The van der Waals surface area contributed by atoms with Crippen LogP contribution < -0.4 is 0 Å². The van der Waals surface area contributed by atoms with Crippen LogP contribution in [0.5, 0.6) is 0 Å². The SMILES string of the molecule is C=C(/C=C\C(CCCC)=C(C)C)CCCCCOC1CN(C(C(=O)O)c2ccccc2CC)C1. The molecule has 1 heterocycles. The molecule has 0 aromatic heterocycles. The summed E-state index contributed by atoms with van der Waals surface area (Å²) in [7, 11) is 0. The quantitative estimate of drug-likeness (QED) is 0.205. The van der Waals surface area contributed by atoms with Gasteiger partial charge in [-0.05, 0) is 69.1 Å². The normalized spacial score (nSPS) is 15.3. The van der Waals surface area contributed by atoms with E-state index in [0.29, 0.717) is 13.1 Å². The average molecular weight is 468 g/mol. The molecule has 1 aliphatic heterocycles. The van der Waals surface area contributed by atoms with Gasteiger partial charge in [-0.15, -0.1) is 0 Å². The summed E-state index contributed by atoms with van der Waals surface area (Å²) in [5, 5.41) is 9.82. The fourth-order valence-electron chi connectivity index (χ4n) is 4.44. The molecule has 0 bridgehead atoms. The second-order valence-electron chi connectivity index (χ2n) is 9.67. The van der Waals surface area contributed by atoms with Crippen molar-refractivity contribution < 1.29 is 14.6 Å². The lowest BCUT2D eigenvalue weighted by molar-refractivity contribution is -0.151. The Hall–Kier alpha value is -2.17. The van der Waals surface area contributed by atoms with Crippen LogP contribution in [0.15, 0.2) is 59.7 Å². The van der Waals surface area contributed by atoms with Crippen LogP contribution in [0.2, 0.25) is 0 Å². The molecule has 1 N–H and O–H groups in total. The number of rotatable bonds is 16. The van der Waals surface area contributed by atoms with E-state index in [2.05, 4.69) is 46.4 Å². The first-order chi connectivity index (χ1) is 16.4. The number of hydrogen-bond acceptors (Lipinski definition) is 3. The Morgan fingerprint density at radius 1 is 1.12 bits per heavy atom. The molecular formula is C30H45NO3. The van der Waals surface area contributed by atoms with Crippen LogP contribution in [0.1, 0.15) is 89.8 Å². The van der Waals surface area contributed by atoms with E-state index < -0.39 is 12.0 Å². The minimum absolute atomic E-state index is 0.138. The molecule has 1 aromatic rings. The molecule has 2 rings (SSSR count). The molecule has 1 unspecified atom stereocenters. The highest BCUT2D eigenvalue weighted by Gasteiger charge is 2.38. The van der Waals surface area contributed by atoms with E-state index in [1.54, 1.807) is 0 Å². The maximum Gasteiger partial charge on any atom is 0.325 e. The van der Waals surface area contributed by atoms with E-state index in [0.717, 1.165) is 56.3 Å². The number of carboxylic acid groups (broad SMARTS) is 1. The number of likely N-dealkylation sites (tertiary alicyclic amines) is 1. The topological polar surface area (TPSA) is 49.8 Å². The number of nitrogens with zero attached hydrogens (tertiary/aromatic N) is 1. The van der Waals surface area contributed by atoms with Gasteiger partial charge < -0.3 is 9.84 Å². The zero-order chi connectivity index (χ0) is 24.9. The molecule has 1 aromatic carbocycles. The van der Waals surface area contributed by atoms with Gasteiger partial charge in [-0.2, -0.15) is 0 Å². The van der Waals surface area contributed by atoms with Gasteiger partial charge in [-0.3, -0.25) is 9.69 Å². The summed E-state index contributed by atoms with van der Waals surface area (Å²) in [6.07, 6.45) is 13.3. The van der Waals surface area contributed by atoms with Crippen LogP contribution in [0.4, 0.5) is 0 Å². The van der Waals surface area contributed by atoms with Crippen molar-refractivity contribution in [2.45, 2.75) is 91.2 Å². The van der Waals surface area contributed by atoms with Gasteiger partial charge in [0.1, 0.15) is 6.04 Å². The minimum Gasteiger partial charge on any atom is -0.480 e. The summed E-state index contributed by atoms with van der Waals surface area (Å²) in [5.74, 6) is -0.782. The third-order valence-corrected chi connectivity index (χ3v) is 6.66. The predicted octanol–water partition coefficient (Wildman–Crippen LogP) is 7.27. The van der Waals surface area contributed by atoms with E-state index in [9.17, 15) is 9.90 Å². The largest absolute Gasteiger partial charge is 0.480 e. The summed E-state index contributed by atoms with van der Waals surface area (Å²) in [4.78, 5) is 14.0. The number of unbranched alkanes of at least 4 members (excludes halogenated alkanes) is 3. The molecule has 34 heavy (non-hydrogen) atoms. The summed E-state index contributed by atoms with van der Waals surface area (Å²) < 4.78 is 6.00. The molecule has 0 amide bonds. The Kier molecular flexibility index (Phi) is 12.3.